The molecule has 0 unspecified atom stereocenters. The van der Waals surface area contributed by atoms with E-state index >= 15 is 0 Å². The molecular formula is C15H7ClF3N2O2-. The second-order valence-electron chi connectivity index (χ2n) is 4.77. The summed E-state index contributed by atoms with van der Waals surface area (Å²) in [6.07, 6.45) is -3.27. The van der Waals surface area contributed by atoms with E-state index in [1.165, 1.54) is 35.2 Å². The van der Waals surface area contributed by atoms with Crippen molar-refractivity contribution in [3.63, 3.8) is 0 Å². The van der Waals surface area contributed by atoms with Crippen LogP contribution in [0, 0.1) is 0 Å². The van der Waals surface area contributed by atoms with Gasteiger partial charge in [0.25, 0.3) is 0 Å². The van der Waals surface area contributed by atoms with E-state index in [0.29, 0.717) is 11.0 Å². The number of rotatable bonds is 2. The van der Waals surface area contributed by atoms with Gasteiger partial charge in [0.1, 0.15) is 6.33 Å². The largest absolute Gasteiger partial charge is 0.545 e. The Labute approximate surface area is 132 Å². The highest BCUT2D eigenvalue weighted by molar-refractivity contribution is 6.31. The van der Waals surface area contributed by atoms with Crippen LogP contribution in [-0.2, 0) is 6.18 Å². The van der Waals surface area contributed by atoms with E-state index in [0.717, 1.165) is 12.1 Å². The zero-order chi connectivity index (χ0) is 16.8. The van der Waals surface area contributed by atoms with Gasteiger partial charge in [-0.3, -0.25) is 4.57 Å². The van der Waals surface area contributed by atoms with Gasteiger partial charge in [-0.25, -0.2) is 4.98 Å². The maximum Gasteiger partial charge on any atom is 0.417 e. The summed E-state index contributed by atoms with van der Waals surface area (Å²) in [5.41, 5.74) is -0.00853. The van der Waals surface area contributed by atoms with Crippen molar-refractivity contribution >= 4 is 28.6 Å². The first-order valence-corrected chi connectivity index (χ1v) is 6.71. The van der Waals surface area contributed by atoms with Crippen molar-refractivity contribution in [2.24, 2.45) is 0 Å². The smallest absolute Gasteiger partial charge is 0.417 e. The zero-order valence-electron chi connectivity index (χ0n) is 11.3. The molecule has 0 atom stereocenters. The van der Waals surface area contributed by atoms with Crippen LogP contribution in [0.4, 0.5) is 13.2 Å². The minimum absolute atomic E-state index is 0.0603. The number of aromatic carboxylic acids is 1. The summed E-state index contributed by atoms with van der Waals surface area (Å²) >= 11 is 5.60. The van der Waals surface area contributed by atoms with Gasteiger partial charge in [-0.1, -0.05) is 17.7 Å². The van der Waals surface area contributed by atoms with E-state index in [2.05, 4.69) is 4.98 Å². The second kappa shape index (κ2) is 5.27. The molecule has 4 nitrogen and oxygen atoms in total. The zero-order valence-corrected chi connectivity index (χ0v) is 12.0. The Kier molecular flexibility index (Phi) is 3.52. The van der Waals surface area contributed by atoms with Crippen LogP contribution < -0.4 is 5.11 Å². The fraction of sp³-hybridized carbons (Fsp3) is 0.0667. The Morgan fingerprint density at radius 1 is 1.17 bits per heavy atom. The molecule has 8 heteroatoms. The predicted octanol–water partition coefficient (Wildman–Crippen LogP) is 3.06. The first-order valence-electron chi connectivity index (χ1n) is 6.33. The lowest BCUT2D eigenvalue weighted by Crippen LogP contribution is -2.21. The van der Waals surface area contributed by atoms with Crippen LogP contribution >= 0.6 is 11.6 Å². The van der Waals surface area contributed by atoms with Gasteiger partial charge >= 0.3 is 6.18 Å². The molecule has 0 aliphatic heterocycles. The number of halogens is 4. The van der Waals surface area contributed by atoms with Crippen LogP contribution in [0.1, 0.15) is 15.9 Å². The number of hydrogen-bond acceptors (Lipinski definition) is 3. The average Bonchev–Trinajstić information content (AvgIpc) is 2.89. The highest BCUT2D eigenvalue weighted by Gasteiger charge is 2.33. The van der Waals surface area contributed by atoms with E-state index in [1.807, 2.05) is 0 Å². The van der Waals surface area contributed by atoms with Crippen molar-refractivity contribution in [2.75, 3.05) is 0 Å². The van der Waals surface area contributed by atoms with Gasteiger partial charge < -0.3 is 9.90 Å². The Morgan fingerprint density at radius 3 is 2.57 bits per heavy atom. The molecule has 0 fully saturated rings. The number of benzene rings is 2. The maximum absolute atomic E-state index is 12.9. The van der Waals surface area contributed by atoms with Crippen LogP contribution in [0.15, 0.2) is 42.7 Å². The number of fused-ring (bicyclic) bond motifs is 1. The number of carboxylic acid groups (broad SMARTS) is 1. The molecular weight excluding hydrogens is 333 g/mol. The molecule has 0 saturated carbocycles. The van der Waals surface area contributed by atoms with Gasteiger partial charge in [0.2, 0.25) is 0 Å². The molecule has 0 spiro atoms. The minimum atomic E-state index is -4.58. The minimum Gasteiger partial charge on any atom is -0.545 e. The molecule has 0 N–H and O–H groups in total. The van der Waals surface area contributed by atoms with Gasteiger partial charge in [0.15, 0.2) is 0 Å². The predicted molar refractivity (Wildman–Crippen MR) is 75.4 cm³/mol. The lowest BCUT2D eigenvalue weighted by molar-refractivity contribution is -0.255. The third kappa shape index (κ3) is 2.75. The molecule has 118 valence electrons. The van der Waals surface area contributed by atoms with E-state index < -0.39 is 22.7 Å². The Bertz CT molecular complexity index is 919. The highest BCUT2D eigenvalue weighted by atomic mass is 35.5. The van der Waals surface area contributed by atoms with Crippen LogP contribution in [-0.4, -0.2) is 15.5 Å². The maximum atomic E-state index is 12.9. The molecule has 0 bridgehead atoms. The fourth-order valence-corrected chi connectivity index (χ4v) is 2.45. The Hall–Kier alpha value is -2.54. The normalized spacial score (nSPS) is 11.8. The third-order valence-corrected chi connectivity index (χ3v) is 3.65. The van der Waals surface area contributed by atoms with E-state index in [4.69, 9.17) is 11.6 Å². The van der Waals surface area contributed by atoms with E-state index in [1.54, 1.807) is 0 Å². The number of aromatic nitrogens is 2. The van der Waals surface area contributed by atoms with E-state index in [-0.39, 0.29) is 11.3 Å². The SMILES string of the molecule is O=C([O-])c1ccc2c(c1)ncn2-c1ccc(Cl)c(C(F)(F)F)c1. The summed E-state index contributed by atoms with van der Waals surface area (Å²) in [7, 11) is 0. The van der Waals surface area contributed by atoms with Crippen LogP contribution in [0.25, 0.3) is 16.7 Å². The fourth-order valence-electron chi connectivity index (χ4n) is 2.23. The molecule has 23 heavy (non-hydrogen) atoms. The van der Waals surface area contributed by atoms with Crippen molar-refractivity contribution < 1.29 is 23.1 Å². The summed E-state index contributed by atoms with van der Waals surface area (Å²) in [6.45, 7) is 0. The van der Waals surface area contributed by atoms with E-state index in [9.17, 15) is 23.1 Å². The summed E-state index contributed by atoms with van der Waals surface area (Å²) < 4.78 is 40.3. The average molecular weight is 340 g/mol. The number of nitrogens with zero attached hydrogens (tertiary/aromatic N) is 2. The lowest BCUT2D eigenvalue weighted by atomic mass is 10.1. The number of carbonyl (C=O) groups excluding carboxylic acids is 1. The summed E-state index contributed by atoms with van der Waals surface area (Å²) in [6, 6.07) is 7.54. The van der Waals surface area contributed by atoms with Gasteiger partial charge in [0.05, 0.1) is 27.6 Å². The van der Waals surface area contributed by atoms with Crippen molar-refractivity contribution in [1.82, 2.24) is 9.55 Å². The first kappa shape index (κ1) is 15.4. The summed E-state index contributed by atoms with van der Waals surface area (Å²) in [5, 5.41) is 10.4. The van der Waals surface area contributed by atoms with Gasteiger partial charge in [-0.05, 0) is 35.9 Å². The van der Waals surface area contributed by atoms with Gasteiger partial charge in [0, 0.05) is 5.69 Å². The third-order valence-electron chi connectivity index (χ3n) is 3.32. The molecule has 0 amide bonds. The molecule has 0 saturated heterocycles. The number of imidazole rings is 1. The van der Waals surface area contributed by atoms with Crippen LogP contribution in [0.3, 0.4) is 0 Å². The molecule has 1 heterocycles. The Morgan fingerprint density at radius 2 is 1.91 bits per heavy atom. The number of carbonyl (C=O) groups is 1. The quantitative estimate of drug-likeness (QED) is 0.721. The Balaban J connectivity index is 2.16. The number of alkyl halides is 3. The van der Waals surface area contributed by atoms with Crippen molar-refractivity contribution in [2.45, 2.75) is 6.18 Å². The van der Waals surface area contributed by atoms with Crippen LogP contribution in [0.2, 0.25) is 5.02 Å². The second-order valence-corrected chi connectivity index (χ2v) is 5.17. The van der Waals surface area contributed by atoms with Gasteiger partial charge in [-0.2, -0.15) is 13.2 Å². The molecule has 3 rings (SSSR count). The van der Waals surface area contributed by atoms with Crippen molar-refractivity contribution in [3.8, 4) is 5.69 Å². The molecule has 3 aromatic rings. The summed E-state index contributed by atoms with van der Waals surface area (Å²) in [4.78, 5) is 14.8. The van der Waals surface area contributed by atoms with Crippen molar-refractivity contribution in [1.29, 1.82) is 0 Å². The van der Waals surface area contributed by atoms with Gasteiger partial charge in [-0.15, -0.1) is 0 Å². The molecule has 0 radical (unpaired) electrons. The first-order chi connectivity index (χ1) is 10.8. The number of hydrogen-bond donors (Lipinski definition) is 0. The topological polar surface area (TPSA) is 57.9 Å². The molecule has 0 aliphatic carbocycles. The molecule has 0 aliphatic rings. The number of carboxylic acids is 1. The molecule has 1 aromatic heterocycles. The lowest BCUT2D eigenvalue weighted by Gasteiger charge is -2.12. The van der Waals surface area contributed by atoms with Crippen LogP contribution in [0.5, 0.6) is 0 Å². The standard InChI is InChI=1S/C15H8ClF3N2O2/c16-11-3-2-9(6-10(11)15(17,18)19)21-7-20-12-5-8(14(22)23)1-4-13(12)21/h1-7H,(H,22,23)/p-1. The molecule has 2 aromatic carbocycles. The monoisotopic (exact) mass is 339 g/mol. The van der Waals surface area contributed by atoms with Crippen molar-refractivity contribution in [3.05, 3.63) is 58.9 Å². The summed E-state index contributed by atoms with van der Waals surface area (Å²) in [5.74, 6) is -1.35. The highest BCUT2D eigenvalue weighted by Crippen LogP contribution is 2.36.